The van der Waals surface area contributed by atoms with E-state index in [4.69, 9.17) is 24.3 Å². The predicted molar refractivity (Wildman–Crippen MR) is 244 cm³/mol. The molecule has 58 heavy (non-hydrogen) atoms. The van der Waals surface area contributed by atoms with Crippen LogP contribution in [0, 0.1) is 5.41 Å². The van der Waals surface area contributed by atoms with Gasteiger partial charge in [-0.2, -0.15) is 0 Å². The summed E-state index contributed by atoms with van der Waals surface area (Å²) in [6.45, 7) is 5.27. The van der Waals surface area contributed by atoms with Gasteiger partial charge in [0.25, 0.3) is 0 Å². The normalized spacial score (nSPS) is 22.3. The standard InChI is InChI=1S/C49H89N2O6P/c1-3-5-7-9-11-13-15-17-19-21-23-25-27-29-31-33-35-48(36-34-32-30-28-26-24-22-20-18-16-14-12-10-8-6-4-2)43-49(44-48)56-46-41-45(42-47(46)57-49)51-38-40-55-58(52,53)54-39-37-50/h11-14,17-20,45-47,51H,3-10,15-16,21-44,50H2,1-2H3,(H,52,53)/b13-11-,14-12-,19-17-,20-18-/t45?,46-,47+. The Labute approximate surface area is 356 Å². The SMILES string of the molecule is CCCCC/C=C\C/C=C\CCCCCCCCC1(CCCCCCCC/C=C\C/C=C\CCCCC)CC2(C1)O[C@H]1CC(NCCOP(=O)(O)OCCN)C[C@H]1O2. The lowest BCUT2D eigenvalue weighted by atomic mass is 9.59. The fraction of sp³-hybridized carbons (Fsp3) is 0.837. The molecule has 3 rings (SSSR count). The van der Waals surface area contributed by atoms with E-state index in [9.17, 15) is 9.46 Å². The van der Waals surface area contributed by atoms with Gasteiger partial charge in [-0.1, -0.05) is 152 Å². The third kappa shape index (κ3) is 22.7. The number of unbranched alkanes of at least 4 members (excludes halogenated alkanes) is 18. The highest BCUT2D eigenvalue weighted by Gasteiger charge is 2.62. The molecule has 4 N–H and O–H groups in total. The van der Waals surface area contributed by atoms with Gasteiger partial charge in [0.1, 0.15) is 0 Å². The van der Waals surface area contributed by atoms with Crippen molar-refractivity contribution in [3.63, 3.8) is 0 Å². The first kappa shape index (κ1) is 51.3. The third-order valence-electron chi connectivity index (χ3n) is 12.4. The van der Waals surface area contributed by atoms with Crippen LogP contribution in [0.15, 0.2) is 48.6 Å². The van der Waals surface area contributed by atoms with Crippen molar-refractivity contribution < 1.29 is 28.0 Å². The highest BCUT2D eigenvalue weighted by Crippen LogP contribution is 2.61. The molecule has 2 aliphatic carbocycles. The van der Waals surface area contributed by atoms with E-state index in [0.717, 1.165) is 38.5 Å². The van der Waals surface area contributed by atoms with Crippen LogP contribution in [0.25, 0.3) is 0 Å². The van der Waals surface area contributed by atoms with E-state index < -0.39 is 7.82 Å². The molecule has 336 valence electrons. The molecule has 4 atom stereocenters. The van der Waals surface area contributed by atoms with Crippen molar-refractivity contribution in [2.45, 2.75) is 231 Å². The van der Waals surface area contributed by atoms with E-state index in [-0.39, 0.29) is 43.8 Å². The van der Waals surface area contributed by atoms with Crippen molar-refractivity contribution >= 4 is 7.82 Å². The lowest BCUT2D eigenvalue weighted by Gasteiger charge is -2.54. The molecular weight excluding hydrogens is 744 g/mol. The first-order chi connectivity index (χ1) is 28.3. The first-order valence-electron chi connectivity index (χ1n) is 24.4. The highest BCUT2D eigenvalue weighted by molar-refractivity contribution is 7.47. The zero-order valence-electron chi connectivity index (χ0n) is 37.4. The summed E-state index contributed by atoms with van der Waals surface area (Å²) < 4.78 is 35.2. The molecule has 9 heteroatoms. The van der Waals surface area contributed by atoms with Gasteiger partial charge in [0.05, 0.1) is 25.4 Å². The second kappa shape index (κ2) is 31.7. The van der Waals surface area contributed by atoms with Crippen molar-refractivity contribution in [2.24, 2.45) is 11.1 Å². The average Bonchev–Trinajstić information content (AvgIpc) is 3.74. The lowest BCUT2D eigenvalue weighted by Crippen LogP contribution is -2.53. The van der Waals surface area contributed by atoms with Gasteiger partial charge in [0, 0.05) is 32.0 Å². The van der Waals surface area contributed by atoms with E-state index in [2.05, 4.69) is 67.8 Å². The molecule has 0 aromatic heterocycles. The topological polar surface area (TPSA) is 112 Å². The molecule has 2 saturated carbocycles. The van der Waals surface area contributed by atoms with Gasteiger partial charge in [0.2, 0.25) is 0 Å². The summed E-state index contributed by atoms with van der Waals surface area (Å²) >= 11 is 0. The van der Waals surface area contributed by atoms with Crippen molar-refractivity contribution in [3.8, 4) is 0 Å². The molecule has 8 nitrogen and oxygen atoms in total. The number of phosphoric ester groups is 1. The Morgan fingerprint density at radius 3 is 1.48 bits per heavy atom. The third-order valence-corrected chi connectivity index (χ3v) is 13.5. The molecule has 1 saturated heterocycles. The Kier molecular flexibility index (Phi) is 28.0. The van der Waals surface area contributed by atoms with Crippen molar-refractivity contribution in [3.05, 3.63) is 48.6 Å². The number of hydrogen-bond acceptors (Lipinski definition) is 7. The summed E-state index contributed by atoms with van der Waals surface area (Å²) in [7, 11) is -4.04. The monoisotopic (exact) mass is 833 g/mol. The Morgan fingerprint density at radius 1 is 0.621 bits per heavy atom. The molecule has 1 heterocycles. The van der Waals surface area contributed by atoms with E-state index in [1.807, 2.05) is 0 Å². The number of ether oxygens (including phenoxy) is 2. The largest absolute Gasteiger partial charge is 0.472 e. The minimum Gasteiger partial charge on any atom is -0.344 e. The van der Waals surface area contributed by atoms with Gasteiger partial charge < -0.3 is 25.4 Å². The van der Waals surface area contributed by atoms with Gasteiger partial charge in [-0.15, -0.1) is 0 Å². The van der Waals surface area contributed by atoms with E-state index in [1.165, 1.54) is 154 Å². The number of fused-ring (bicyclic) bond motifs is 1. The van der Waals surface area contributed by atoms with Crippen LogP contribution in [0.5, 0.6) is 0 Å². The Balaban J connectivity index is 1.31. The zero-order valence-corrected chi connectivity index (χ0v) is 38.3. The summed E-state index contributed by atoms with van der Waals surface area (Å²) in [6, 6.07) is 0.250. The molecule has 0 aromatic rings. The van der Waals surface area contributed by atoms with Gasteiger partial charge in [-0.05, 0) is 95.3 Å². The number of rotatable bonds is 38. The van der Waals surface area contributed by atoms with Gasteiger partial charge in [-0.3, -0.25) is 9.05 Å². The summed E-state index contributed by atoms with van der Waals surface area (Å²) in [5, 5.41) is 3.46. The maximum absolute atomic E-state index is 11.9. The number of nitrogens with one attached hydrogen (secondary N) is 1. The lowest BCUT2D eigenvalue weighted by molar-refractivity contribution is -0.281. The Hall–Kier alpha value is -1.09. The molecule has 0 aromatic carbocycles. The van der Waals surface area contributed by atoms with E-state index in [1.54, 1.807) is 0 Å². The summed E-state index contributed by atoms with van der Waals surface area (Å²) in [6.07, 6.45) is 56.6. The van der Waals surface area contributed by atoms with Gasteiger partial charge >= 0.3 is 7.82 Å². The molecule has 2 unspecified atom stereocenters. The minimum atomic E-state index is -4.04. The summed E-state index contributed by atoms with van der Waals surface area (Å²) in [5.41, 5.74) is 5.72. The molecule has 3 aliphatic rings. The fourth-order valence-electron chi connectivity index (χ4n) is 9.30. The van der Waals surface area contributed by atoms with Gasteiger partial charge in [0.15, 0.2) is 5.79 Å². The van der Waals surface area contributed by atoms with Crippen LogP contribution >= 0.6 is 7.82 Å². The van der Waals surface area contributed by atoms with Crippen LogP contribution in [-0.2, 0) is 23.1 Å². The molecule has 0 radical (unpaired) electrons. The zero-order chi connectivity index (χ0) is 41.5. The van der Waals surface area contributed by atoms with Crippen LogP contribution in [0.1, 0.15) is 206 Å². The van der Waals surface area contributed by atoms with Crippen LogP contribution < -0.4 is 11.1 Å². The number of phosphoric acid groups is 1. The first-order valence-corrected chi connectivity index (χ1v) is 25.9. The second-order valence-electron chi connectivity index (χ2n) is 17.8. The van der Waals surface area contributed by atoms with Crippen molar-refractivity contribution in [2.75, 3.05) is 26.3 Å². The van der Waals surface area contributed by atoms with Crippen molar-refractivity contribution in [1.82, 2.24) is 5.32 Å². The predicted octanol–water partition coefficient (Wildman–Crippen LogP) is 13.5. The molecule has 1 aliphatic heterocycles. The van der Waals surface area contributed by atoms with Crippen LogP contribution in [0.3, 0.4) is 0 Å². The van der Waals surface area contributed by atoms with Crippen molar-refractivity contribution in [1.29, 1.82) is 0 Å². The number of nitrogens with two attached hydrogens (primary N) is 1. The maximum atomic E-state index is 11.9. The molecular formula is C49H89N2O6P. The summed E-state index contributed by atoms with van der Waals surface area (Å²) in [4.78, 5) is 9.72. The number of hydrogen-bond donors (Lipinski definition) is 3. The molecule has 0 amide bonds. The Morgan fingerprint density at radius 2 is 1.03 bits per heavy atom. The van der Waals surface area contributed by atoms with Gasteiger partial charge in [-0.25, -0.2) is 4.57 Å². The number of allylic oxidation sites excluding steroid dienone is 8. The van der Waals surface area contributed by atoms with Crippen LogP contribution in [0.2, 0.25) is 0 Å². The molecule has 3 fully saturated rings. The fourth-order valence-corrected chi connectivity index (χ4v) is 10.0. The minimum absolute atomic E-state index is 0.00259. The van der Waals surface area contributed by atoms with Crippen LogP contribution in [0.4, 0.5) is 0 Å². The van der Waals surface area contributed by atoms with Crippen LogP contribution in [-0.4, -0.2) is 55.2 Å². The molecule has 1 spiro atoms. The quantitative estimate of drug-likeness (QED) is 0.0320. The highest BCUT2D eigenvalue weighted by atomic mass is 31.2. The average molecular weight is 833 g/mol. The summed E-state index contributed by atoms with van der Waals surface area (Å²) in [5.74, 6) is -0.385. The van der Waals surface area contributed by atoms with E-state index >= 15 is 0 Å². The van der Waals surface area contributed by atoms with E-state index in [0.29, 0.717) is 12.0 Å². The maximum Gasteiger partial charge on any atom is 0.472 e. The second-order valence-corrected chi connectivity index (χ2v) is 19.2. The smallest absolute Gasteiger partial charge is 0.344 e. The molecule has 0 bridgehead atoms. The Bertz CT molecular complexity index is 1120.